The molecule has 2 N–H and O–H groups in total. The van der Waals surface area contributed by atoms with Gasteiger partial charge < -0.3 is 19.8 Å². The summed E-state index contributed by atoms with van der Waals surface area (Å²) in [5.74, 6) is 1.62. The lowest BCUT2D eigenvalue weighted by Gasteiger charge is -2.14. The van der Waals surface area contributed by atoms with Crippen molar-refractivity contribution in [2.75, 3.05) is 13.2 Å². The number of carbonyl (C=O) groups excluding carboxylic acids is 1. The van der Waals surface area contributed by atoms with Gasteiger partial charge in [-0.05, 0) is 49.6 Å². The van der Waals surface area contributed by atoms with Crippen molar-refractivity contribution in [2.24, 2.45) is 0 Å². The molecule has 5 heteroatoms. The van der Waals surface area contributed by atoms with E-state index in [2.05, 4.69) is 23.6 Å². The maximum atomic E-state index is 11.6. The Bertz CT molecular complexity index is 621. The molecule has 0 saturated carbocycles. The highest BCUT2D eigenvalue weighted by molar-refractivity contribution is 5.73. The molecule has 5 nitrogen and oxygen atoms in total. The Morgan fingerprint density at radius 1 is 1.14 bits per heavy atom. The van der Waals surface area contributed by atoms with E-state index in [4.69, 9.17) is 9.15 Å². The standard InChI is InChI=1S/C17H22N2O3/c1-12-6-7-13(2)16(14(12)3)22-10-8-18-17(20)19-11-15-5-4-9-21-15/h4-7,9H,8,10-11H2,1-3H3,(H2,18,19,20). The summed E-state index contributed by atoms with van der Waals surface area (Å²) in [5, 5.41) is 5.47. The molecule has 1 aromatic carbocycles. The summed E-state index contributed by atoms with van der Waals surface area (Å²) in [7, 11) is 0. The molecule has 0 aliphatic heterocycles. The third-order valence-corrected chi connectivity index (χ3v) is 3.51. The molecule has 0 unspecified atom stereocenters. The SMILES string of the molecule is Cc1ccc(C)c(OCCNC(=O)NCc2ccco2)c1C. The fraction of sp³-hybridized carbons (Fsp3) is 0.353. The van der Waals surface area contributed by atoms with Gasteiger partial charge in [-0.1, -0.05) is 12.1 Å². The lowest BCUT2D eigenvalue weighted by atomic mass is 10.1. The fourth-order valence-electron chi connectivity index (χ4n) is 2.11. The second kappa shape index (κ2) is 7.54. The minimum absolute atomic E-state index is 0.238. The minimum Gasteiger partial charge on any atom is -0.491 e. The van der Waals surface area contributed by atoms with E-state index in [-0.39, 0.29) is 6.03 Å². The Morgan fingerprint density at radius 2 is 1.91 bits per heavy atom. The molecule has 0 atom stereocenters. The maximum Gasteiger partial charge on any atom is 0.315 e. The molecule has 0 fully saturated rings. The first-order valence-electron chi connectivity index (χ1n) is 7.31. The van der Waals surface area contributed by atoms with E-state index in [0.29, 0.717) is 19.7 Å². The normalized spacial score (nSPS) is 10.3. The largest absolute Gasteiger partial charge is 0.491 e. The zero-order valence-corrected chi connectivity index (χ0v) is 13.2. The molecule has 0 aliphatic carbocycles. The number of hydrogen-bond acceptors (Lipinski definition) is 3. The molecule has 2 amide bonds. The van der Waals surface area contributed by atoms with Gasteiger partial charge in [0.25, 0.3) is 0 Å². The van der Waals surface area contributed by atoms with Crippen LogP contribution in [0, 0.1) is 20.8 Å². The Morgan fingerprint density at radius 3 is 2.64 bits per heavy atom. The first kappa shape index (κ1) is 15.9. The van der Waals surface area contributed by atoms with E-state index in [1.165, 1.54) is 5.56 Å². The van der Waals surface area contributed by atoms with Gasteiger partial charge in [-0.3, -0.25) is 0 Å². The van der Waals surface area contributed by atoms with Crippen LogP contribution in [0.2, 0.25) is 0 Å². The average Bonchev–Trinajstić information content (AvgIpc) is 3.02. The maximum absolute atomic E-state index is 11.6. The van der Waals surface area contributed by atoms with Gasteiger partial charge in [0.1, 0.15) is 18.1 Å². The molecule has 0 bridgehead atoms. The molecule has 22 heavy (non-hydrogen) atoms. The number of amides is 2. The third kappa shape index (κ3) is 4.28. The van der Waals surface area contributed by atoms with Crippen molar-refractivity contribution in [3.05, 3.63) is 53.0 Å². The summed E-state index contributed by atoms with van der Waals surface area (Å²) in [6.07, 6.45) is 1.58. The first-order valence-corrected chi connectivity index (χ1v) is 7.31. The van der Waals surface area contributed by atoms with Crippen LogP contribution in [0.15, 0.2) is 34.9 Å². The summed E-state index contributed by atoms with van der Waals surface area (Å²) in [5.41, 5.74) is 3.44. The number of rotatable bonds is 6. The van der Waals surface area contributed by atoms with Crippen LogP contribution in [0.1, 0.15) is 22.5 Å². The highest BCUT2D eigenvalue weighted by Gasteiger charge is 2.06. The number of benzene rings is 1. The van der Waals surface area contributed by atoms with Gasteiger partial charge >= 0.3 is 6.03 Å². The van der Waals surface area contributed by atoms with E-state index in [1.807, 2.05) is 26.0 Å². The Labute approximate surface area is 130 Å². The molecular weight excluding hydrogens is 280 g/mol. The number of nitrogens with one attached hydrogen (secondary N) is 2. The molecule has 2 rings (SSSR count). The Kier molecular flexibility index (Phi) is 5.47. The zero-order valence-electron chi connectivity index (χ0n) is 13.2. The van der Waals surface area contributed by atoms with Gasteiger partial charge in [-0.15, -0.1) is 0 Å². The molecule has 0 saturated heterocycles. The van der Waals surface area contributed by atoms with Crippen LogP contribution in [-0.4, -0.2) is 19.2 Å². The van der Waals surface area contributed by atoms with Crippen molar-refractivity contribution in [3.63, 3.8) is 0 Å². The van der Waals surface area contributed by atoms with Gasteiger partial charge in [0.15, 0.2) is 0 Å². The highest BCUT2D eigenvalue weighted by Crippen LogP contribution is 2.25. The Balaban J connectivity index is 1.71. The van der Waals surface area contributed by atoms with Crippen LogP contribution in [0.3, 0.4) is 0 Å². The number of furan rings is 1. The molecular formula is C17H22N2O3. The lowest BCUT2D eigenvalue weighted by Crippen LogP contribution is -2.37. The molecule has 1 aromatic heterocycles. The van der Waals surface area contributed by atoms with Crippen LogP contribution >= 0.6 is 0 Å². The van der Waals surface area contributed by atoms with Gasteiger partial charge in [-0.25, -0.2) is 4.79 Å². The second-order valence-corrected chi connectivity index (χ2v) is 5.19. The van der Waals surface area contributed by atoms with Gasteiger partial charge in [0.2, 0.25) is 0 Å². The van der Waals surface area contributed by atoms with Crippen molar-refractivity contribution in [1.29, 1.82) is 0 Å². The van der Waals surface area contributed by atoms with Gasteiger partial charge in [0, 0.05) is 0 Å². The summed E-state index contributed by atoms with van der Waals surface area (Å²) in [4.78, 5) is 11.6. The minimum atomic E-state index is -0.238. The monoisotopic (exact) mass is 302 g/mol. The second-order valence-electron chi connectivity index (χ2n) is 5.19. The third-order valence-electron chi connectivity index (χ3n) is 3.51. The smallest absolute Gasteiger partial charge is 0.315 e. The van der Waals surface area contributed by atoms with Crippen LogP contribution < -0.4 is 15.4 Å². The lowest BCUT2D eigenvalue weighted by molar-refractivity contribution is 0.235. The molecule has 0 aliphatic rings. The van der Waals surface area contributed by atoms with E-state index in [0.717, 1.165) is 22.6 Å². The van der Waals surface area contributed by atoms with E-state index >= 15 is 0 Å². The van der Waals surface area contributed by atoms with E-state index in [1.54, 1.807) is 12.3 Å². The first-order chi connectivity index (χ1) is 10.6. The summed E-state index contributed by atoms with van der Waals surface area (Å²) in [6.45, 7) is 7.36. The van der Waals surface area contributed by atoms with Gasteiger partial charge in [-0.2, -0.15) is 0 Å². The van der Waals surface area contributed by atoms with Crippen LogP contribution in [0.5, 0.6) is 5.75 Å². The Hall–Kier alpha value is -2.43. The number of urea groups is 1. The fourth-order valence-corrected chi connectivity index (χ4v) is 2.11. The number of ether oxygens (including phenoxy) is 1. The van der Waals surface area contributed by atoms with Crippen molar-refractivity contribution in [2.45, 2.75) is 27.3 Å². The average molecular weight is 302 g/mol. The highest BCUT2D eigenvalue weighted by atomic mass is 16.5. The van der Waals surface area contributed by atoms with Crippen LogP contribution in [0.25, 0.3) is 0 Å². The molecule has 2 aromatic rings. The molecule has 0 spiro atoms. The van der Waals surface area contributed by atoms with E-state index in [9.17, 15) is 4.79 Å². The van der Waals surface area contributed by atoms with Crippen LogP contribution in [0.4, 0.5) is 4.79 Å². The number of aryl methyl sites for hydroxylation is 2. The summed E-state index contributed by atoms with van der Waals surface area (Å²) >= 11 is 0. The molecule has 1 heterocycles. The van der Waals surface area contributed by atoms with Crippen molar-refractivity contribution in [3.8, 4) is 5.75 Å². The predicted molar refractivity (Wildman–Crippen MR) is 85.1 cm³/mol. The number of hydrogen-bond donors (Lipinski definition) is 2. The van der Waals surface area contributed by atoms with Crippen molar-refractivity contribution < 1.29 is 13.9 Å². The number of carbonyl (C=O) groups is 1. The van der Waals surface area contributed by atoms with Crippen LogP contribution in [-0.2, 0) is 6.54 Å². The summed E-state index contributed by atoms with van der Waals surface area (Å²) < 4.78 is 10.9. The van der Waals surface area contributed by atoms with Gasteiger partial charge in [0.05, 0.1) is 19.4 Å². The molecule has 118 valence electrons. The van der Waals surface area contributed by atoms with E-state index < -0.39 is 0 Å². The summed E-state index contributed by atoms with van der Waals surface area (Å²) in [6, 6.07) is 7.48. The zero-order chi connectivity index (χ0) is 15.9. The van der Waals surface area contributed by atoms with Crippen molar-refractivity contribution in [1.82, 2.24) is 10.6 Å². The van der Waals surface area contributed by atoms with Crippen molar-refractivity contribution >= 4 is 6.03 Å². The molecule has 0 radical (unpaired) electrons. The predicted octanol–water partition coefficient (Wildman–Crippen LogP) is 3.08. The topological polar surface area (TPSA) is 63.5 Å². The quantitative estimate of drug-likeness (QED) is 0.806.